The molecule has 0 saturated carbocycles. The molecule has 0 aliphatic rings. The number of rotatable bonds is 8. The Labute approximate surface area is 124 Å². The highest BCUT2D eigenvalue weighted by atomic mass is 16.5. The van der Waals surface area contributed by atoms with Crippen molar-refractivity contribution < 1.29 is 9.53 Å². The van der Waals surface area contributed by atoms with Crippen LogP contribution in [0.15, 0.2) is 30.7 Å². The minimum Gasteiger partial charge on any atom is -0.459 e. The summed E-state index contributed by atoms with van der Waals surface area (Å²) >= 11 is 0. The van der Waals surface area contributed by atoms with Crippen LogP contribution in [-0.4, -0.2) is 25.9 Å². The van der Waals surface area contributed by atoms with Gasteiger partial charge in [0.25, 0.3) is 0 Å². The summed E-state index contributed by atoms with van der Waals surface area (Å²) in [5.74, 6) is -0.176. The first-order valence-electron chi connectivity index (χ1n) is 7.21. The second-order valence-electron chi connectivity index (χ2n) is 4.89. The lowest BCUT2D eigenvalue weighted by Crippen LogP contribution is -2.04. The topological polar surface area (TPSA) is 69.9 Å². The number of ether oxygens (including phenoxy) is 1. The summed E-state index contributed by atoms with van der Waals surface area (Å²) in [4.78, 5) is 15.6. The summed E-state index contributed by atoms with van der Waals surface area (Å²) in [7, 11) is 0. The largest absolute Gasteiger partial charge is 0.459 e. The number of aromatic nitrogens is 4. The molecule has 6 heteroatoms. The fraction of sp³-hybridized carbons (Fsp3) is 0.467. The van der Waals surface area contributed by atoms with Crippen LogP contribution in [-0.2, 0) is 22.7 Å². The number of pyridine rings is 1. The Kier molecular flexibility index (Phi) is 5.87. The summed E-state index contributed by atoms with van der Waals surface area (Å²) in [5.41, 5.74) is 1.70. The van der Waals surface area contributed by atoms with E-state index in [1.54, 1.807) is 23.3 Å². The van der Waals surface area contributed by atoms with E-state index in [-0.39, 0.29) is 12.6 Å². The molecule has 0 bridgehead atoms. The Morgan fingerprint density at radius 1 is 1.38 bits per heavy atom. The summed E-state index contributed by atoms with van der Waals surface area (Å²) in [6, 6.07) is 3.85. The van der Waals surface area contributed by atoms with E-state index in [9.17, 15) is 4.79 Å². The molecule has 0 aliphatic heterocycles. The summed E-state index contributed by atoms with van der Waals surface area (Å²) in [6.45, 7) is 2.88. The molecule has 0 aromatic carbocycles. The molecule has 0 unspecified atom stereocenters. The minimum atomic E-state index is -0.176. The van der Waals surface area contributed by atoms with Crippen LogP contribution < -0.4 is 0 Å². The van der Waals surface area contributed by atoms with Crippen LogP contribution in [0.5, 0.6) is 0 Å². The van der Waals surface area contributed by atoms with Crippen LogP contribution in [0.25, 0.3) is 0 Å². The van der Waals surface area contributed by atoms with Gasteiger partial charge in [-0.3, -0.25) is 9.78 Å². The Hall–Kier alpha value is -2.24. The van der Waals surface area contributed by atoms with Crippen molar-refractivity contribution in [1.82, 2.24) is 20.0 Å². The van der Waals surface area contributed by atoms with E-state index in [1.165, 1.54) is 0 Å². The van der Waals surface area contributed by atoms with Crippen LogP contribution in [0.4, 0.5) is 0 Å². The molecule has 2 heterocycles. The molecule has 0 spiro atoms. The van der Waals surface area contributed by atoms with Crippen molar-refractivity contribution in [3.63, 3.8) is 0 Å². The van der Waals surface area contributed by atoms with Gasteiger partial charge in [-0.15, -0.1) is 5.10 Å². The highest BCUT2D eigenvalue weighted by Crippen LogP contribution is 2.04. The van der Waals surface area contributed by atoms with Crippen molar-refractivity contribution in [2.24, 2.45) is 0 Å². The minimum absolute atomic E-state index is 0.176. The van der Waals surface area contributed by atoms with E-state index in [0.29, 0.717) is 18.7 Å². The molecule has 112 valence electrons. The second kappa shape index (κ2) is 8.14. The van der Waals surface area contributed by atoms with Crippen molar-refractivity contribution in [1.29, 1.82) is 0 Å². The van der Waals surface area contributed by atoms with E-state index >= 15 is 0 Å². The maximum atomic E-state index is 11.5. The number of carbonyl (C=O) groups is 1. The quantitative estimate of drug-likeness (QED) is 0.551. The third kappa shape index (κ3) is 5.33. The van der Waals surface area contributed by atoms with Crippen molar-refractivity contribution >= 4 is 5.97 Å². The third-order valence-electron chi connectivity index (χ3n) is 3.02. The molecule has 0 N–H and O–H groups in total. The molecule has 21 heavy (non-hydrogen) atoms. The van der Waals surface area contributed by atoms with Gasteiger partial charge in [0.05, 0.1) is 12.7 Å². The van der Waals surface area contributed by atoms with Crippen LogP contribution in [0.2, 0.25) is 0 Å². The molecule has 0 radical (unpaired) electrons. The maximum Gasteiger partial charge on any atom is 0.306 e. The number of unbranched alkanes of at least 4 members (excludes halogenated alkanes) is 2. The van der Waals surface area contributed by atoms with E-state index < -0.39 is 0 Å². The highest BCUT2D eigenvalue weighted by molar-refractivity contribution is 5.69. The third-order valence-corrected chi connectivity index (χ3v) is 3.02. The zero-order valence-electron chi connectivity index (χ0n) is 12.2. The SMILES string of the molecule is CCCCCC(=O)OCc1cn(Cc2cccnc2)nn1. The molecule has 0 atom stereocenters. The van der Waals surface area contributed by atoms with Crippen LogP contribution >= 0.6 is 0 Å². The Morgan fingerprint density at radius 2 is 2.29 bits per heavy atom. The summed E-state index contributed by atoms with van der Waals surface area (Å²) in [5, 5.41) is 8.01. The number of hydrogen-bond acceptors (Lipinski definition) is 5. The first kappa shape index (κ1) is 15.2. The second-order valence-corrected chi connectivity index (χ2v) is 4.89. The first-order chi connectivity index (χ1) is 10.3. The van der Waals surface area contributed by atoms with Crippen molar-refractivity contribution in [3.8, 4) is 0 Å². The van der Waals surface area contributed by atoms with Gasteiger partial charge in [-0.25, -0.2) is 4.68 Å². The number of hydrogen-bond donors (Lipinski definition) is 0. The Balaban J connectivity index is 1.77. The fourth-order valence-corrected chi connectivity index (χ4v) is 1.91. The smallest absolute Gasteiger partial charge is 0.306 e. The first-order valence-corrected chi connectivity index (χ1v) is 7.21. The van der Waals surface area contributed by atoms with Gasteiger partial charge in [0, 0.05) is 18.8 Å². The standard InChI is InChI=1S/C15H20N4O2/c1-2-3-4-7-15(20)21-12-14-11-19(18-17-14)10-13-6-5-8-16-9-13/h5-6,8-9,11H,2-4,7,10,12H2,1H3. The molecule has 2 rings (SSSR count). The van der Waals surface area contributed by atoms with Crippen molar-refractivity contribution in [2.75, 3.05) is 0 Å². The van der Waals surface area contributed by atoms with Gasteiger partial charge in [0.1, 0.15) is 12.3 Å². The van der Waals surface area contributed by atoms with Gasteiger partial charge < -0.3 is 4.74 Å². The average Bonchev–Trinajstić information content (AvgIpc) is 2.94. The lowest BCUT2D eigenvalue weighted by Gasteiger charge is -2.01. The van der Waals surface area contributed by atoms with Crippen molar-refractivity contribution in [3.05, 3.63) is 42.0 Å². The van der Waals surface area contributed by atoms with Gasteiger partial charge in [-0.1, -0.05) is 31.0 Å². The van der Waals surface area contributed by atoms with E-state index in [1.807, 2.05) is 12.1 Å². The fourth-order valence-electron chi connectivity index (χ4n) is 1.91. The summed E-state index contributed by atoms with van der Waals surface area (Å²) < 4.78 is 6.88. The molecule has 2 aromatic heterocycles. The number of carbonyl (C=O) groups excluding carboxylic acids is 1. The monoisotopic (exact) mass is 288 g/mol. The van der Waals surface area contributed by atoms with Crippen LogP contribution in [0.3, 0.4) is 0 Å². The maximum absolute atomic E-state index is 11.5. The van der Waals surface area contributed by atoms with E-state index in [0.717, 1.165) is 24.8 Å². The average molecular weight is 288 g/mol. The lowest BCUT2D eigenvalue weighted by molar-refractivity contribution is -0.145. The predicted molar refractivity (Wildman–Crippen MR) is 77.3 cm³/mol. The molecule has 6 nitrogen and oxygen atoms in total. The van der Waals surface area contributed by atoms with Gasteiger partial charge >= 0.3 is 5.97 Å². The molecular weight excluding hydrogens is 268 g/mol. The highest BCUT2D eigenvalue weighted by Gasteiger charge is 2.06. The van der Waals surface area contributed by atoms with Crippen LogP contribution in [0.1, 0.15) is 43.9 Å². The van der Waals surface area contributed by atoms with E-state index in [4.69, 9.17) is 4.74 Å². The lowest BCUT2D eigenvalue weighted by atomic mass is 10.2. The molecule has 0 saturated heterocycles. The molecule has 0 amide bonds. The molecule has 0 aliphatic carbocycles. The van der Waals surface area contributed by atoms with Gasteiger partial charge in [0.2, 0.25) is 0 Å². The Bertz CT molecular complexity index is 554. The molecule has 2 aromatic rings. The zero-order chi connectivity index (χ0) is 14.9. The van der Waals surface area contributed by atoms with Crippen LogP contribution in [0, 0.1) is 0 Å². The Morgan fingerprint density at radius 3 is 3.05 bits per heavy atom. The predicted octanol–water partition coefficient (Wildman–Crippen LogP) is 2.34. The summed E-state index contributed by atoms with van der Waals surface area (Å²) in [6.07, 6.45) is 8.79. The molecular formula is C15H20N4O2. The van der Waals surface area contributed by atoms with E-state index in [2.05, 4.69) is 22.2 Å². The number of esters is 1. The van der Waals surface area contributed by atoms with Gasteiger partial charge in [-0.2, -0.15) is 0 Å². The number of nitrogens with zero attached hydrogens (tertiary/aromatic N) is 4. The normalized spacial score (nSPS) is 10.5. The van der Waals surface area contributed by atoms with Gasteiger partial charge in [-0.05, 0) is 18.1 Å². The molecule has 0 fully saturated rings. The van der Waals surface area contributed by atoms with Crippen molar-refractivity contribution in [2.45, 2.75) is 45.8 Å². The zero-order valence-corrected chi connectivity index (χ0v) is 12.2. The van der Waals surface area contributed by atoms with Gasteiger partial charge in [0.15, 0.2) is 0 Å².